The second-order valence-electron chi connectivity index (χ2n) is 5.60. The van der Waals surface area contributed by atoms with Gasteiger partial charge in [0.05, 0.1) is 5.41 Å². The van der Waals surface area contributed by atoms with Crippen LogP contribution in [0.4, 0.5) is 0 Å². The predicted octanol–water partition coefficient (Wildman–Crippen LogP) is 1.18. The molecule has 0 aliphatic heterocycles. The SMILES string of the molecule is NC(=O)CCCNC(=O)CC1(C(=O)O)CCCCCC1. The molecule has 0 bridgehead atoms. The molecular formula is C14H24N2O4. The van der Waals surface area contributed by atoms with Crippen LogP contribution in [0.25, 0.3) is 0 Å². The number of nitrogens with two attached hydrogens (primary N) is 1. The summed E-state index contributed by atoms with van der Waals surface area (Å²) in [6.07, 6.45) is 5.67. The summed E-state index contributed by atoms with van der Waals surface area (Å²) in [6, 6.07) is 0. The van der Waals surface area contributed by atoms with E-state index in [-0.39, 0.29) is 18.7 Å². The van der Waals surface area contributed by atoms with Crippen molar-refractivity contribution in [3.63, 3.8) is 0 Å². The summed E-state index contributed by atoms with van der Waals surface area (Å²) in [6.45, 7) is 0.359. The van der Waals surface area contributed by atoms with Crippen LogP contribution in [0.5, 0.6) is 0 Å². The first-order valence-electron chi connectivity index (χ1n) is 7.25. The average molecular weight is 284 g/mol. The Kier molecular flexibility index (Phi) is 6.48. The fourth-order valence-corrected chi connectivity index (χ4v) is 2.73. The fraction of sp³-hybridized carbons (Fsp3) is 0.786. The van der Waals surface area contributed by atoms with Crippen LogP contribution < -0.4 is 11.1 Å². The number of hydrogen-bond donors (Lipinski definition) is 3. The van der Waals surface area contributed by atoms with Crippen molar-refractivity contribution in [2.45, 2.75) is 57.8 Å². The van der Waals surface area contributed by atoms with E-state index in [1.165, 1.54) is 0 Å². The van der Waals surface area contributed by atoms with E-state index in [0.717, 1.165) is 25.7 Å². The standard InChI is InChI=1S/C14H24N2O4/c15-11(17)6-5-9-16-12(18)10-14(13(19)20)7-3-1-2-4-8-14/h1-10H2,(H2,15,17)(H,16,18)(H,19,20). The van der Waals surface area contributed by atoms with Gasteiger partial charge in [-0.2, -0.15) is 0 Å². The molecule has 0 aromatic carbocycles. The molecule has 0 heterocycles. The Morgan fingerprint density at radius 1 is 1.10 bits per heavy atom. The number of hydrogen-bond acceptors (Lipinski definition) is 3. The van der Waals surface area contributed by atoms with E-state index in [1.54, 1.807) is 0 Å². The van der Waals surface area contributed by atoms with Crippen molar-refractivity contribution in [3.8, 4) is 0 Å². The maximum absolute atomic E-state index is 11.9. The number of carboxylic acids is 1. The van der Waals surface area contributed by atoms with Gasteiger partial charge in [-0.1, -0.05) is 25.7 Å². The lowest BCUT2D eigenvalue weighted by Crippen LogP contribution is -2.37. The third-order valence-electron chi connectivity index (χ3n) is 3.94. The molecule has 0 saturated heterocycles. The lowest BCUT2D eigenvalue weighted by atomic mass is 9.77. The van der Waals surface area contributed by atoms with Crippen molar-refractivity contribution in [3.05, 3.63) is 0 Å². The molecule has 114 valence electrons. The highest BCUT2D eigenvalue weighted by Crippen LogP contribution is 2.38. The molecule has 1 fully saturated rings. The molecule has 0 unspecified atom stereocenters. The van der Waals surface area contributed by atoms with Crippen LogP contribution in [0.3, 0.4) is 0 Å². The van der Waals surface area contributed by atoms with Gasteiger partial charge in [-0.05, 0) is 19.3 Å². The molecule has 0 radical (unpaired) electrons. The van der Waals surface area contributed by atoms with Gasteiger partial charge in [0.1, 0.15) is 0 Å². The van der Waals surface area contributed by atoms with E-state index in [1.807, 2.05) is 0 Å². The van der Waals surface area contributed by atoms with Crippen molar-refractivity contribution in [2.75, 3.05) is 6.54 Å². The van der Waals surface area contributed by atoms with Crippen LogP contribution in [-0.4, -0.2) is 29.4 Å². The van der Waals surface area contributed by atoms with Crippen LogP contribution in [0, 0.1) is 5.41 Å². The summed E-state index contributed by atoms with van der Waals surface area (Å²) in [7, 11) is 0. The first-order chi connectivity index (χ1) is 9.46. The molecule has 1 saturated carbocycles. The van der Waals surface area contributed by atoms with Crippen molar-refractivity contribution in [2.24, 2.45) is 11.1 Å². The minimum Gasteiger partial charge on any atom is -0.481 e. The number of nitrogens with one attached hydrogen (secondary N) is 1. The number of aliphatic carboxylic acids is 1. The highest BCUT2D eigenvalue weighted by atomic mass is 16.4. The smallest absolute Gasteiger partial charge is 0.310 e. The minimum atomic E-state index is -0.912. The van der Waals surface area contributed by atoms with Crippen LogP contribution in [0.1, 0.15) is 57.8 Å². The number of rotatable bonds is 7. The molecule has 0 aromatic rings. The van der Waals surface area contributed by atoms with Gasteiger partial charge in [0.25, 0.3) is 0 Å². The Morgan fingerprint density at radius 2 is 1.70 bits per heavy atom. The molecule has 0 atom stereocenters. The summed E-state index contributed by atoms with van der Waals surface area (Å²) >= 11 is 0. The molecule has 2 amide bonds. The maximum atomic E-state index is 11.9. The summed E-state index contributed by atoms with van der Waals surface area (Å²) in [5, 5.41) is 12.1. The van der Waals surface area contributed by atoms with Crippen LogP contribution in [0.2, 0.25) is 0 Å². The fourth-order valence-electron chi connectivity index (χ4n) is 2.73. The van der Waals surface area contributed by atoms with E-state index >= 15 is 0 Å². The molecule has 4 N–H and O–H groups in total. The zero-order valence-electron chi connectivity index (χ0n) is 11.8. The Morgan fingerprint density at radius 3 is 2.20 bits per heavy atom. The molecule has 1 aliphatic carbocycles. The van der Waals surface area contributed by atoms with E-state index in [4.69, 9.17) is 5.73 Å². The van der Waals surface area contributed by atoms with Gasteiger partial charge in [0, 0.05) is 19.4 Å². The van der Waals surface area contributed by atoms with Crippen molar-refractivity contribution in [1.82, 2.24) is 5.32 Å². The Balaban J connectivity index is 2.46. The normalized spacial score (nSPS) is 18.0. The molecule has 0 aromatic heterocycles. The number of carboxylic acid groups (broad SMARTS) is 1. The van der Waals surface area contributed by atoms with E-state index in [9.17, 15) is 19.5 Å². The molecule has 20 heavy (non-hydrogen) atoms. The monoisotopic (exact) mass is 284 g/mol. The molecule has 6 nitrogen and oxygen atoms in total. The van der Waals surface area contributed by atoms with Crippen molar-refractivity contribution >= 4 is 17.8 Å². The van der Waals surface area contributed by atoms with Crippen LogP contribution >= 0.6 is 0 Å². The first-order valence-corrected chi connectivity index (χ1v) is 7.25. The highest BCUT2D eigenvalue weighted by Gasteiger charge is 2.40. The van der Waals surface area contributed by atoms with Crippen molar-refractivity contribution in [1.29, 1.82) is 0 Å². The van der Waals surface area contributed by atoms with Crippen LogP contribution in [0.15, 0.2) is 0 Å². The average Bonchev–Trinajstić information content (AvgIpc) is 2.61. The van der Waals surface area contributed by atoms with Crippen molar-refractivity contribution < 1.29 is 19.5 Å². The molecular weight excluding hydrogens is 260 g/mol. The third-order valence-corrected chi connectivity index (χ3v) is 3.94. The Bertz CT molecular complexity index is 360. The maximum Gasteiger partial charge on any atom is 0.310 e. The van der Waals surface area contributed by atoms with Crippen LogP contribution in [-0.2, 0) is 14.4 Å². The van der Waals surface area contributed by atoms with Gasteiger partial charge < -0.3 is 16.2 Å². The summed E-state index contributed by atoms with van der Waals surface area (Å²) < 4.78 is 0. The lowest BCUT2D eigenvalue weighted by Gasteiger charge is -2.27. The molecule has 0 spiro atoms. The number of carbonyl (C=O) groups is 3. The predicted molar refractivity (Wildman–Crippen MR) is 73.8 cm³/mol. The van der Waals surface area contributed by atoms with Gasteiger partial charge in [-0.25, -0.2) is 0 Å². The Labute approximate surface area is 119 Å². The topological polar surface area (TPSA) is 109 Å². The van der Waals surface area contributed by atoms with E-state index in [2.05, 4.69) is 5.32 Å². The minimum absolute atomic E-state index is 0.0267. The zero-order chi connectivity index (χ0) is 15.0. The van der Waals surface area contributed by atoms with E-state index < -0.39 is 17.3 Å². The van der Waals surface area contributed by atoms with Gasteiger partial charge in [-0.15, -0.1) is 0 Å². The van der Waals surface area contributed by atoms with Gasteiger partial charge in [-0.3, -0.25) is 14.4 Å². The van der Waals surface area contributed by atoms with E-state index in [0.29, 0.717) is 25.8 Å². The number of amides is 2. The molecule has 1 rings (SSSR count). The summed E-state index contributed by atoms with van der Waals surface area (Å²) in [4.78, 5) is 34.0. The third kappa shape index (κ3) is 5.19. The number of carbonyl (C=O) groups excluding carboxylic acids is 2. The Hall–Kier alpha value is -1.59. The van der Waals surface area contributed by atoms with Gasteiger partial charge in [0.15, 0.2) is 0 Å². The second kappa shape index (κ2) is 7.87. The molecule has 6 heteroatoms. The molecule has 1 aliphatic rings. The summed E-state index contributed by atoms with van der Waals surface area (Å²) in [5.74, 6) is -1.52. The first kappa shape index (κ1) is 16.5. The lowest BCUT2D eigenvalue weighted by molar-refractivity contribution is -0.152. The van der Waals surface area contributed by atoms with Gasteiger partial charge in [0.2, 0.25) is 11.8 Å². The zero-order valence-corrected chi connectivity index (χ0v) is 11.8. The quantitative estimate of drug-likeness (QED) is 0.481. The summed E-state index contributed by atoms with van der Waals surface area (Å²) in [5.41, 5.74) is 4.10. The van der Waals surface area contributed by atoms with Gasteiger partial charge >= 0.3 is 5.97 Å². The highest BCUT2D eigenvalue weighted by molar-refractivity contribution is 5.85. The second-order valence-corrected chi connectivity index (χ2v) is 5.60. The number of primary amides is 1. The largest absolute Gasteiger partial charge is 0.481 e.